The van der Waals surface area contributed by atoms with E-state index in [4.69, 9.17) is 23.2 Å². The highest BCUT2D eigenvalue weighted by Gasteiger charge is 2.39. The van der Waals surface area contributed by atoms with Crippen LogP contribution in [0.1, 0.15) is 31.2 Å². The van der Waals surface area contributed by atoms with E-state index in [9.17, 15) is 4.79 Å². The third-order valence-electron chi connectivity index (χ3n) is 4.44. The van der Waals surface area contributed by atoms with E-state index < -0.39 is 0 Å². The van der Waals surface area contributed by atoms with Crippen molar-refractivity contribution in [1.82, 2.24) is 5.32 Å². The van der Waals surface area contributed by atoms with Gasteiger partial charge in [0.25, 0.3) is 0 Å². The number of carbonyl (C=O) groups is 1. The average molecular weight is 310 g/mol. The van der Waals surface area contributed by atoms with Crippen molar-refractivity contribution in [3.05, 3.63) is 39.9 Å². The zero-order valence-electron chi connectivity index (χ0n) is 11.1. The molecule has 106 valence electrons. The number of rotatable bonds is 3. The van der Waals surface area contributed by atoms with Gasteiger partial charge < -0.3 is 5.32 Å². The molecule has 2 aliphatic rings. The molecule has 2 fully saturated rings. The Morgan fingerprint density at radius 2 is 2.10 bits per heavy atom. The van der Waals surface area contributed by atoms with Crippen LogP contribution in [0, 0.1) is 11.8 Å². The van der Waals surface area contributed by atoms with E-state index in [0.29, 0.717) is 22.0 Å². The van der Waals surface area contributed by atoms with E-state index >= 15 is 0 Å². The Morgan fingerprint density at radius 3 is 2.75 bits per heavy atom. The molecule has 2 saturated carbocycles. The summed E-state index contributed by atoms with van der Waals surface area (Å²) in [6.45, 7) is 0. The smallest absolute Gasteiger partial charge is 0.244 e. The summed E-state index contributed by atoms with van der Waals surface area (Å²) in [6, 6.07) is 5.62. The fourth-order valence-corrected chi connectivity index (χ4v) is 3.93. The molecule has 4 heteroatoms. The fourth-order valence-electron chi connectivity index (χ4n) is 3.45. The number of fused-ring (bicyclic) bond motifs is 2. The van der Waals surface area contributed by atoms with Crippen molar-refractivity contribution in [2.75, 3.05) is 0 Å². The number of benzene rings is 1. The van der Waals surface area contributed by atoms with E-state index in [0.717, 1.165) is 17.9 Å². The van der Waals surface area contributed by atoms with Crippen LogP contribution in [-0.2, 0) is 4.79 Å². The van der Waals surface area contributed by atoms with E-state index in [2.05, 4.69) is 5.32 Å². The number of carbonyl (C=O) groups excluding carboxylic acids is 1. The van der Waals surface area contributed by atoms with Crippen LogP contribution >= 0.6 is 23.2 Å². The van der Waals surface area contributed by atoms with Crippen LogP contribution in [0.4, 0.5) is 0 Å². The molecule has 0 spiro atoms. The number of hydrogen-bond donors (Lipinski definition) is 1. The number of halogens is 2. The molecular formula is C16H17Cl2NO. The first kappa shape index (κ1) is 14.0. The molecule has 0 unspecified atom stereocenters. The summed E-state index contributed by atoms with van der Waals surface area (Å²) in [4.78, 5) is 12.0. The zero-order chi connectivity index (χ0) is 14.1. The van der Waals surface area contributed by atoms with Gasteiger partial charge in [0.2, 0.25) is 5.91 Å². The maximum absolute atomic E-state index is 12.0. The Bertz CT molecular complexity index is 555. The van der Waals surface area contributed by atoms with Gasteiger partial charge in [0.05, 0.1) is 0 Å². The van der Waals surface area contributed by atoms with Gasteiger partial charge >= 0.3 is 0 Å². The maximum atomic E-state index is 12.0. The summed E-state index contributed by atoms with van der Waals surface area (Å²) in [7, 11) is 0. The second-order valence-electron chi connectivity index (χ2n) is 5.79. The number of nitrogens with one attached hydrogen (secondary N) is 1. The second kappa shape index (κ2) is 5.79. The molecule has 2 bridgehead atoms. The van der Waals surface area contributed by atoms with Crippen LogP contribution in [0.15, 0.2) is 24.3 Å². The average Bonchev–Trinajstić information content (AvgIpc) is 3.00. The first-order valence-corrected chi connectivity index (χ1v) is 7.81. The standard InChI is InChI=1S/C16H17Cl2NO/c17-13-5-3-11(14(18)9-13)4-6-16(20)19-15-8-10-1-2-12(15)7-10/h3-6,9-10,12,15H,1-2,7-8H2,(H,19,20)/b6-4+/t10-,12+,15-/m1/s1. The van der Waals surface area contributed by atoms with Crippen LogP contribution in [0.5, 0.6) is 0 Å². The van der Waals surface area contributed by atoms with E-state index in [1.807, 2.05) is 6.07 Å². The van der Waals surface area contributed by atoms with Crippen molar-refractivity contribution in [2.24, 2.45) is 11.8 Å². The predicted octanol–water partition coefficient (Wildman–Crippen LogP) is 4.31. The molecule has 1 N–H and O–H groups in total. The lowest BCUT2D eigenvalue weighted by Gasteiger charge is -2.22. The summed E-state index contributed by atoms with van der Waals surface area (Å²) in [5.41, 5.74) is 0.805. The molecule has 0 saturated heterocycles. The fraction of sp³-hybridized carbons (Fsp3) is 0.438. The molecular weight excluding hydrogens is 293 g/mol. The Morgan fingerprint density at radius 1 is 1.25 bits per heavy atom. The second-order valence-corrected chi connectivity index (χ2v) is 6.63. The van der Waals surface area contributed by atoms with Gasteiger partial charge in [-0.2, -0.15) is 0 Å². The van der Waals surface area contributed by atoms with Crippen molar-refractivity contribution >= 4 is 35.2 Å². The highest BCUT2D eigenvalue weighted by molar-refractivity contribution is 6.35. The summed E-state index contributed by atoms with van der Waals surface area (Å²) >= 11 is 11.9. The quantitative estimate of drug-likeness (QED) is 0.828. The largest absolute Gasteiger partial charge is 0.350 e. The van der Waals surface area contributed by atoms with E-state index in [1.54, 1.807) is 24.3 Å². The molecule has 3 atom stereocenters. The highest BCUT2D eigenvalue weighted by atomic mass is 35.5. The van der Waals surface area contributed by atoms with Crippen molar-refractivity contribution in [3.8, 4) is 0 Å². The van der Waals surface area contributed by atoms with Gasteiger partial charge in [-0.1, -0.05) is 35.7 Å². The Labute approximate surface area is 129 Å². The molecule has 20 heavy (non-hydrogen) atoms. The first-order valence-electron chi connectivity index (χ1n) is 7.05. The van der Waals surface area contributed by atoms with Gasteiger partial charge in [-0.3, -0.25) is 4.79 Å². The number of amides is 1. The topological polar surface area (TPSA) is 29.1 Å². The van der Waals surface area contributed by atoms with Crippen molar-refractivity contribution < 1.29 is 4.79 Å². The first-order chi connectivity index (χ1) is 9.61. The molecule has 0 radical (unpaired) electrons. The van der Waals surface area contributed by atoms with Gasteiger partial charge in [0.1, 0.15) is 0 Å². The van der Waals surface area contributed by atoms with Crippen molar-refractivity contribution in [2.45, 2.75) is 31.7 Å². The lowest BCUT2D eigenvalue weighted by molar-refractivity contribution is -0.117. The lowest BCUT2D eigenvalue weighted by Crippen LogP contribution is -2.37. The Hall–Kier alpha value is -0.990. The minimum Gasteiger partial charge on any atom is -0.350 e. The summed E-state index contributed by atoms with van der Waals surface area (Å²) in [6.07, 6.45) is 8.33. The van der Waals surface area contributed by atoms with Gasteiger partial charge in [-0.25, -0.2) is 0 Å². The monoisotopic (exact) mass is 309 g/mol. The van der Waals surface area contributed by atoms with Crippen molar-refractivity contribution in [1.29, 1.82) is 0 Å². The lowest BCUT2D eigenvalue weighted by atomic mass is 9.95. The molecule has 1 amide bonds. The van der Waals surface area contributed by atoms with Gasteiger partial charge in [-0.05, 0) is 54.9 Å². The summed E-state index contributed by atoms with van der Waals surface area (Å²) in [5.74, 6) is 1.49. The van der Waals surface area contributed by atoms with Crippen LogP contribution in [0.2, 0.25) is 10.0 Å². The minimum absolute atomic E-state index is 0.0337. The van der Waals surface area contributed by atoms with Crippen LogP contribution in [0.25, 0.3) is 6.08 Å². The Kier molecular flexibility index (Phi) is 4.04. The van der Waals surface area contributed by atoms with Gasteiger partial charge in [0.15, 0.2) is 0 Å². The normalized spacial score (nSPS) is 28.2. The molecule has 1 aromatic carbocycles. The molecule has 3 rings (SSSR count). The SMILES string of the molecule is O=C(/C=C/c1ccc(Cl)cc1Cl)N[C@@H]1C[C@@H]2CC[C@H]1C2. The summed E-state index contributed by atoms with van der Waals surface area (Å²) in [5, 5.41) is 4.27. The van der Waals surface area contributed by atoms with E-state index in [1.165, 1.54) is 19.3 Å². The maximum Gasteiger partial charge on any atom is 0.244 e. The summed E-state index contributed by atoms with van der Waals surface area (Å²) < 4.78 is 0. The molecule has 0 aromatic heterocycles. The number of hydrogen-bond acceptors (Lipinski definition) is 1. The zero-order valence-corrected chi connectivity index (χ0v) is 12.6. The highest BCUT2D eigenvalue weighted by Crippen LogP contribution is 2.44. The van der Waals surface area contributed by atoms with Crippen molar-refractivity contribution in [3.63, 3.8) is 0 Å². The van der Waals surface area contributed by atoms with Gasteiger partial charge in [0, 0.05) is 22.2 Å². The predicted molar refractivity (Wildman–Crippen MR) is 82.9 cm³/mol. The van der Waals surface area contributed by atoms with Gasteiger partial charge in [-0.15, -0.1) is 0 Å². The Balaban J connectivity index is 1.59. The van der Waals surface area contributed by atoms with Crippen LogP contribution in [-0.4, -0.2) is 11.9 Å². The van der Waals surface area contributed by atoms with Crippen LogP contribution in [0.3, 0.4) is 0 Å². The third kappa shape index (κ3) is 3.02. The molecule has 0 aliphatic heterocycles. The van der Waals surface area contributed by atoms with Crippen LogP contribution < -0.4 is 5.32 Å². The minimum atomic E-state index is -0.0337. The molecule has 1 aromatic rings. The van der Waals surface area contributed by atoms with E-state index in [-0.39, 0.29) is 5.91 Å². The molecule has 2 nitrogen and oxygen atoms in total. The third-order valence-corrected chi connectivity index (χ3v) is 5.00. The molecule has 0 heterocycles. The molecule has 2 aliphatic carbocycles.